The summed E-state index contributed by atoms with van der Waals surface area (Å²) >= 11 is 1.48. The van der Waals surface area contributed by atoms with Crippen LogP contribution in [-0.4, -0.2) is 64.1 Å². The third-order valence-corrected chi connectivity index (χ3v) is 6.73. The molecule has 8 nitrogen and oxygen atoms in total. The molecule has 3 heterocycles. The summed E-state index contributed by atoms with van der Waals surface area (Å²) in [5, 5.41) is 1.58. The molecule has 0 radical (unpaired) electrons. The van der Waals surface area contributed by atoms with Crippen molar-refractivity contribution in [2.24, 2.45) is 5.92 Å². The molecule has 2 aromatic heterocycles. The summed E-state index contributed by atoms with van der Waals surface area (Å²) in [6.07, 6.45) is 4.89. The van der Waals surface area contributed by atoms with E-state index in [9.17, 15) is 9.59 Å². The molecule has 1 fully saturated rings. The Hall–Kier alpha value is -3.07. The second-order valence-corrected chi connectivity index (χ2v) is 10.8. The molecular weight excluding hydrogens is 464 g/mol. The molecular formula is C26H32N4O4S. The fraction of sp³-hybridized carbons (Fsp3) is 0.462. The van der Waals surface area contributed by atoms with Crippen LogP contribution < -0.4 is 0 Å². The molecule has 1 aromatic carbocycles. The second-order valence-electron chi connectivity index (χ2n) is 9.85. The minimum atomic E-state index is -0.541. The predicted octanol–water partition coefficient (Wildman–Crippen LogP) is 5.23. The van der Waals surface area contributed by atoms with Gasteiger partial charge in [0.2, 0.25) is 0 Å². The highest BCUT2D eigenvalue weighted by Gasteiger charge is 2.31. The molecule has 4 rings (SSSR count). The Morgan fingerprint density at radius 3 is 2.69 bits per heavy atom. The quantitative estimate of drug-likeness (QED) is 0.341. The number of thioether (sulfide) groups is 1. The standard InChI is InChI=1S/C26H32N4O4S/c1-26(2,3)34-25(32)29(4)15-18-9-7-14-30(16-18)23(31)22-20(17-35-24-27-12-8-13-28-24)19-10-5-6-11-21(19)33-22/h5-6,8,10-13,18H,7,9,14-17H2,1-4H3. The first-order valence-corrected chi connectivity index (χ1v) is 12.8. The van der Waals surface area contributed by atoms with Gasteiger partial charge in [-0.05, 0) is 51.7 Å². The molecule has 2 amide bonds. The molecule has 0 saturated carbocycles. The Labute approximate surface area is 210 Å². The molecule has 1 saturated heterocycles. The molecule has 0 bridgehead atoms. The Morgan fingerprint density at radius 1 is 1.20 bits per heavy atom. The number of rotatable bonds is 6. The third kappa shape index (κ3) is 6.33. The number of likely N-dealkylation sites (tertiary alicyclic amines) is 1. The number of piperidine rings is 1. The number of hydrogen-bond acceptors (Lipinski definition) is 7. The first-order valence-electron chi connectivity index (χ1n) is 11.8. The average Bonchev–Trinajstić information content (AvgIpc) is 3.20. The number of amides is 2. The summed E-state index contributed by atoms with van der Waals surface area (Å²) < 4.78 is 11.6. The fourth-order valence-corrected chi connectivity index (χ4v) is 5.09. The van der Waals surface area contributed by atoms with E-state index in [0.29, 0.717) is 41.9 Å². The molecule has 1 aliphatic heterocycles. The Morgan fingerprint density at radius 2 is 1.94 bits per heavy atom. The highest BCUT2D eigenvalue weighted by Crippen LogP contribution is 2.32. The average molecular weight is 497 g/mol. The monoisotopic (exact) mass is 496 g/mol. The van der Waals surface area contributed by atoms with Crippen molar-refractivity contribution in [3.05, 3.63) is 54.0 Å². The van der Waals surface area contributed by atoms with Crippen molar-refractivity contribution >= 4 is 34.7 Å². The van der Waals surface area contributed by atoms with Crippen LogP contribution in [0.25, 0.3) is 11.0 Å². The minimum Gasteiger partial charge on any atom is -0.451 e. The van der Waals surface area contributed by atoms with E-state index in [1.807, 2.05) is 49.9 Å². The molecule has 1 atom stereocenters. The normalized spacial score (nSPS) is 16.3. The summed E-state index contributed by atoms with van der Waals surface area (Å²) in [7, 11) is 1.75. The van der Waals surface area contributed by atoms with Gasteiger partial charge in [0, 0.05) is 55.8 Å². The summed E-state index contributed by atoms with van der Waals surface area (Å²) in [6.45, 7) is 7.33. The molecule has 0 aliphatic carbocycles. The fourth-order valence-electron chi connectivity index (χ4n) is 4.26. The van der Waals surface area contributed by atoms with Crippen LogP contribution in [0, 0.1) is 5.92 Å². The van der Waals surface area contributed by atoms with Crippen LogP contribution in [0.1, 0.15) is 49.7 Å². The number of para-hydroxylation sites is 1. The van der Waals surface area contributed by atoms with Gasteiger partial charge in [0.05, 0.1) is 0 Å². The van der Waals surface area contributed by atoms with Gasteiger partial charge >= 0.3 is 6.09 Å². The van der Waals surface area contributed by atoms with Crippen LogP contribution in [0.3, 0.4) is 0 Å². The first kappa shape index (κ1) is 25.0. The van der Waals surface area contributed by atoms with E-state index in [0.717, 1.165) is 23.8 Å². The lowest BCUT2D eigenvalue weighted by Gasteiger charge is -2.34. The number of fused-ring (bicyclic) bond motifs is 1. The van der Waals surface area contributed by atoms with E-state index in [2.05, 4.69) is 9.97 Å². The van der Waals surface area contributed by atoms with Crippen LogP contribution in [0.4, 0.5) is 4.79 Å². The lowest BCUT2D eigenvalue weighted by molar-refractivity contribution is 0.0243. The minimum absolute atomic E-state index is 0.115. The maximum Gasteiger partial charge on any atom is 0.410 e. The third-order valence-electron chi connectivity index (χ3n) is 5.82. The van der Waals surface area contributed by atoms with Crippen molar-refractivity contribution in [3.63, 3.8) is 0 Å². The molecule has 0 N–H and O–H groups in total. The largest absolute Gasteiger partial charge is 0.451 e. The zero-order chi connectivity index (χ0) is 25.0. The van der Waals surface area contributed by atoms with Crippen LogP contribution in [0.5, 0.6) is 0 Å². The van der Waals surface area contributed by atoms with Gasteiger partial charge in [-0.3, -0.25) is 4.79 Å². The highest BCUT2D eigenvalue weighted by molar-refractivity contribution is 7.98. The highest BCUT2D eigenvalue weighted by atomic mass is 32.2. The van der Waals surface area contributed by atoms with Crippen molar-refractivity contribution in [1.82, 2.24) is 19.8 Å². The SMILES string of the molecule is CN(CC1CCCN(C(=O)c2oc3ccccc3c2CSc2ncccn2)C1)C(=O)OC(C)(C)C. The molecule has 0 spiro atoms. The van der Waals surface area contributed by atoms with Crippen molar-refractivity contribution in [2.45, 2.75) is 50.1 Å². The van der Waals surface area contributed by atoms with Gasteiger partial charge in [-0.25, -0.2) is 14.8 Å². The molecule has 1 unspecified atom stereocenters. The Kier molecular flexibility index (Phi) is 7.64. The first-order chi connectivity index (χ1) is 16.7. The molecule has 186 valence electrons. The summed E-state index contributed by atoms with van der Waals surface area (Å²) in [4.78, 5) is 38.1. The number of furan rings is 1. The van der Waals surface area contributed by atoms with E-state index in [-0.39, 0.29) is 17.9 Å². The smallest absolute Gasteiger partial charge is 0.410 e. The van der Waals surface area contributed by atoms with Gasteiger partial charge in [0.15, 0.2) is 10.9 Å². The zero-order valence-electron chi connectivity index (χ0n) is 20.7. The van der Waals surface area contributed by atoms with E-state index >= 15 is 0 Å². The number of carbonyl (C=O) groups excluding carboxylic acids is 2. The summed E-state index contributed by atoms with van der Waals surface area (Å²) in [5.41, 5.74) is 1.01. The lowest BCUT2D eigenvalue weighted by atomic mass is 9.97. The van der Waals surface area contributed by atoms with Crippen LogP contribution in [-0.2, 0) is 10.5 Å². The van der Waals surface area contributed by atoms with Crippen molar-refractivity contribution < 1.29 is 18.7 Å². The number of nitrogens with zero attached hydrogens (tertiary/aromatic N) is 4. The van der Waals surface area contributed by atoms with Crippen LogP contribution >= 0.6 is 11.8 Å². The molecule has 3 aromatic rings. The van der Waals surface area contributed by atoms with Gasteiger partial charge in [-0.2, -0.15) is 0 Å². The zero-order valence-corrected chi connectivity index (χ0v) is 21.5. The van der Waals surface area contributed by atoms with Crippen molar-refractivity contribution in [2.75, 3.05) is 26.7 Å². The van der Waals surface area contributed by atoms with Gasteiger partial charge in [0.25, 0.3) is 5.91 Å². The predicted molar refractivity (Wildman–Crippen MR) is 135 cm³/mol. The number of ether oxygens (including phenoxy) is 1. The van der Waals surface area contributed by atoms with E-state index < -0.39 is 5.60 Å². The number of benzene rings is 1. The lowest BCUT2D eigenvalue weighted by Crippen LogP contribution is -2.45. The van der Waals surface area contributed by atoms with E-state index in [1.165, 1.54) is 11.8 Å². The second kappa shape index (κ2) is 10.7. The van der Waals surface area contributed by atoms with Gasteiger partial charge < -0.3 is 19.0 Å². The molecule has 1 aliphatic rings. The van der Waals surface area contributed by atoms with Crippen molar-refractivity contribution in [1.29, 1.82) is 0 Å². The van der Waals surface area contributed by atoms with Gasteiger partial charge in [-0.1, -0.05) is 30.0 Å². The van der Waals surface area contributed by atoms with Crippen LogP contribution in [0.15, 0.2) is 52.3 Å². The van der Waals surface area contributed by atoms with E-state index in [1.54, 1.807) is 30.4 Å². The number of carbonyl (C=O) groups is 2. The molecule has 35 heavy (non-hydrogen) atoms. The summed E-state index contributed by atoms with van der Waals surface area (Å²) in [6, 6.07) is 9.49. The topological polar surface area (TPSA) is 88.8 Å². The number of hydrogen-bond donors (Lipinski definition) is 0. The molecule has 9 heteroatoms. The maximum absolute atomic E-state index is 13.6. The van der Waals surface area contributed by atoms with E-state index in [4.69, 9.17) is 9.15 Å². The Balaban J connectivity index is 1.49. The summed E-state index contributed by atoms with van der Waals surface area (Å²) in [5.74, 6) is 0.956. The maximum atomic E-state index is 13.6. The Bertz CT molecular complexity index is 1180. The van der Waals surface area contributed by atoms with Crippen molar-refractivity contribution in [3.8, 4) is 0 Å². The van der Waals surface area contributed by atoms with Gasteiger partial charge in [0.1, 0.15) is 11.2 Å². The van der Waals surface area contributed by atoms with Crippen LogP contribution in [0.2, 0.25) is 0 Å². The van der Waals surface area contributed by atoms with Gasteiger partial charge in [-0.15, -0.1) is 0 Å². The number of aromatic nitrogens is 2.